The van der Waals surface area contributed by atoms with Gasteiger partial charge in [-0.25, -0.2) is 0 Å². The van der Waals surface area contributed by atoms with Crippen molar-refractivity contribution < 1.29 is 0 Å². The first-order valence-corrected chi connectivity index (χ1v) is 20.6. The highest BCUT2D eigenvalue weighted by Gasteiger charge is 2.39. The van der Waals surface area contributed by atoms with Crippen LogP contribution >= 0.6 is 0 Å². The lowest BCUT2D eigenvalue weighted by Crippen LogP contribution is -2.54. The van der Waals surface area contributed by atoms with E-state index in [1.807, 2.05) is 18.2 Å². The SMILES string of the molecule is N#Cc1ccc2c3ccc(C#N)c4c3n(c2c1)-c1ccccc1B4n1c2c(-c3ccccc3)cc(-c3ccccc3)cc2c2cc(-c3ccccc3)cc(-c3ccccc3)c21. The monoisotopic (exact) mass is 772 g/mol. The number of rotatable bonds is 5. The molecule has 0 aliphatic carbocycles. The predicted molar refractivity (Wildman–Crippen MR) is 252 cm³/mol. The molecule has 4 nitrogen and oxygen atoms in total. The van der Waals surface area contributed by atoms with E-state index in [-0.39, 0.29) is 0 Å². The zero-order valence-electron chi connectivity index (χ0n) is 32.9. The summed E-state index contributed by atoms with van der Waals surface area (Å²) in [6.07, 6.45) is 0. The van der Waals surface area contributed by atoms with Crippen LogP contribution in [-0.4, -0.2) is 15.9 Å². The third kappa shape index (κ3) is 5.18. The fourth-order valence-corrected chi connectivity index (χ4v) is 10.0. The topological polar surface area (TPSA) is 57.4 Å². The number of para-hydroxylation sites is 1. The van der Waals surface area contributed by atoms with Crippen LogP contribution in [0.15, 0.2) is 200 Å². The molecule has 0 saturated heterocycles. The highest BCUT2D eigenvalue weighted by molar-refractivity contribution is 6.89. The number of hydrogen-bond donors (Lipinski definition) is 0. The maximum Gasteiger partial charge on any atom is 0.333 e. The molecule has 61 heavy (non-hydrogen) atoms. The highest BCUT2D eigenvalue weighted by atomic mass is 15.0. The van der Waals surface area contributed by atoms with E-state index in [0.717, 1.165) is 105 Å². The fraction of sp³-hybridized carbons (Fsp3) is 0. The van der Waals surface area contributed by atoms with E-state index >= 15 is 0 Å². The van der Waals surface area contributed by atoms with Crippen LogP contribution in [0.2, 0.25) is 0 Å². The molecule has 3 heterocycles. The summed E-state index contributed by atoms with van der Waals surface area (Å²) in [6, 6.07) is 75.9. The minimum Gasteiger partial charge on any atom is -0.375 e. The Bertz CT molecular complexity index is 3510. The Kier molecular flexibility index (Phi) is 7.73. The number of nitriles is 2. The molecule has 9 aromatic carbocycles. The summed E-state index contributed by atoms with van der Waals surface area (Å²) in [6.45, 7) is -0.406. The zero-order valence-corrected chi connectivity index (χ0v) is 32.9. The number of aromatic nitrogens is 2. The van der Waals surface area contributed by atoms with E-state index in [9.17, 15) is 10.5 Å². The minimum atomic E-state index is -0.406. The molecular weight excluding hydrogens is 739 g/mol. The van der Waals surface area contributed by atoms with Crippen LogP contribution in [0.3, 0.4) is 0 Å². The third-order valence-corrected chi connectivity index (χ3v) is 12.6. The summed E-state index contributed by atoms with van der Waals surface area (Å²) in [7, 11) is 0. The molecule has 1 aliphatic rings. The molecule has 0 spiro atoms. The van der Waals surface area contributed by atoms with Gasteiger partial charge in [0.05, 0.1) is 34.3 Å². The standard InChI is InChI=1S/C56H33BN4/c58-34-36-25-27-44-45-28-26-41(35-59)53-56(45)60(52(44)29-36)51-24-14-13-23-50(51)57(53)61-54-46(39-19-9-3-10-20-39)30-42(37-15-5-1-6-16-37)32-48(54)49-33-43(38-17-7-2-8-18-38)31-47(55(49)61)40-21-11-4-12-22-40/h1-33H. The largest absolute Gasteiger partial charge is 0.375 e. The molecule has 0 saturated carbocycles. The summed E-state index contributed by atoms with van der Waals surface area (Å²) in [5, 5.41) is 25.6. The zero-order chi connectivity index (χ0) is 40.6. The van der Waals surface area contributed by atoms with Gasteiger partial charge in [-0.2, -0.15) is 10.5 Å². The Morgan fingerprint density at radius 3 is 1.44 bits per heavy atom. The van der Waals surface area contributed by atoms with Gasteiger partial charge in [-0.3, -0.25) is 0 Å². The highest BCUT2D eigenvalue weighted by Crippen LogP contribution is 2.46. The third-order valence-electron chi connectivity index (χ3n) is 12.6. The molecule has 0 unspecified atom stereocenters. The summed E-state index contributed by atoms with van der Waals surface area (Å²) < 4.78 is 4.85. The molecule has 12 rings (SSSR count). The Labute approximate surface area is 353 Å². The maximum atomic E-state index is 11.1. The minimum absolute atomic E-state index is 0.406. The average Bonchev–Trinajstić information content (AvgIpc) is 3.85. The van der Waals surface area contributed by atoms with Crippen LogP contribution in [0.4, 0.5) is 0 Å². The molecule has 0 bridgehead atoms. The van der Waals surface area contributed by atoms with E-state index in [0.29, 0.717) is 11.1 Å². The van der Waals surface area contributed by atoms with Gasteiger partial charge in [0.2, 0.25) is 0 Å². The van der Waals surface area contributed by atoms with Crippen molar-refractivity contribution in [3.8, 4) is 62.3 Å². The van der Waals surface area contributed by atoms with Gasteiger partial charge in [-0.15, -0.1) is 0 Å². The fourth-order valence-electron chi connectivity index (χ4n) is 10.0. The Hall–Kier alpha value is -8.38. The van der Waals surface area contributed by atoms with Gasteiger partial charge < -0.3 is 9.05 Å². The molecule has 280 valence electrons. The average molecular weight is 773 g/mol. The lowest BCUT2D eigenvalue weighted by molar-refractivity contribution is 1.18. The van der Waals surface area contributed by atoms with E-state index in [2.05, 4.69) is 203 Å². The summed E-state index contributed by atoms with van der Waals surface area (Å²) in [4.78, 5) is 0. The number of hydrogen-bond acceptors (Lipinski definition) is 2. The summed E-state index contributed by atoms with van der Waals surface area (Å²) in [5.74, 6) is 0. The number of nitrogens with zero attached hydrogens (tertiary/aromatic N) is 4. The summed E-state index contributed by atoms with van der Waals surface area (Å²) in [5.41, 5.74) is 17.4. The number of benzene rings is 9. The van der Waals surface area contributed by atoms with Gasteiger partial charge in [-0.05, 0) is 92.8 Å². The van der Waals surface area contributed by atoms with Crippen molar-refractivity contribution in [3.05, 3.63) is 211 Å². The molecule has 1 aliphatic heterocycles. The van der Waals surface area contributed by atoms with Crippen molar-refractivity contribution in [1.82, 2.24) is 9.05 Å². The van der Waals surface area contributed by atoms with Crippen LogP contribution in [0.25, 0.3) is 93.8 Å². The van der Waals surface area contributed by atoms with Crippen molar-refractivity contribution in [2.75, 3.05) is 0 Å². The molecule has 0 radical (unpaired) electrons. The van der Waals surface area contributed by atoms with Crippen LogP contribution in [0.1, 0.15) is 11.1 Å². The van der Waals surface area contributed by atoms with Crippen molar-refractivity contribution >= 4 is 61.4 Å². The molecule has 0 atom stereocenters. The second-order valence-electron chi connectivity index (χ2n) is 15.8. The Balaban J connectivity index is 1.34. The van der Waals surface area contributed by atoms with E-state index < -0.39 is 6.85 Å². The van der Waals surface area contributed by atoms with Crippen LogP contribution in [0, 0.1) is 22.7 Å². The molecule has 0 fully saturated rings. The molecule has 11 aromatic rings. The van der Waals surface area contributed by atoms with Crippen LogP contribution < -0.4 is 10.9 Å². The molecule has 0 N–H and O–H groups in total. The van der Waals surface area contributed by atoms with Gasteiger partial charge in [0.1, 0.15) is 0 Å². The second-order valence-corrected chi connectivity index (χ2v) is 15.8. The quantitative estimate of drug-likeness (QED) is 0.164. The molecular formula is C56H33BN4. The molecule has 0 amide bonds. The van der Waals surface area contributed by atoms with Gasteiger partial charge in [0.15, 0.2) is 0 Å². The van der Waals surface area contributed by atoms with Crippen molar-refractivity contribution in [2.24, 2.45) is 0 Å². The van der Waals surface area contributed by atoms with Crippen molar-refractivity contribution in [3.63, 3.8) is 0 Å². The second kappa shape index (κ2) is 13.6. The first-order chi connectivity index (χ1) is 30.2. The van der Waals surface area contributed by atoms with Crippen LogP contribution in [-0.2, 0) is 0 Å². The molecule has 5 heteroatoms. The van der Waals surface area contributed by atoms with Gasteiger partial charge >= 0.3 is 6.85 Å². The Morgan fingerprint density at radius 1 is 0.393 bits per heavy atom. The smallest absolute Gasteiger partial charge is 0.333 e. The predicted octanol–water partition coefficient (Wildman–Crippen LogP) is 12.3. The lowest BCUT2D eigenvalue weighted by Gasteiger charge is -2.30. The van der Waals surface area contributed by atoms with Gasteiger partial charge in [0.25, 0.3) is 0 Å². The first-order valence-electron chi connectivity index (χ1n) is 20.6. The van der Waals surface area contributed by atoms with E-state index in [1.165, 1.54) is 0 Å². The maximum absolute atomic E-state index is 11.1. The van der Waals surface area contributed by atoms with Crippen molar-refractivity contribution in [2.45, 2.75) is 0 Å². The van der Waals surface area contributed by atoms with E-state index in [4.69, 9.17) is 0 Å². The van der Waals surface area contributed by atoms with Gasteiger partial charge in [-0.1, -0.05) is 152 Å². The first kappa shape index (κ1) is 34.6. The van der Waals surface area contributed by atoms with Gasteiger partial charge in [0, 0.05) is 49.4 Å². The molecule has 2 aromatic heterocycles. The van der Waals surface area contributed by atoms with Crippen molar-refractivity contribution in [1.29, 1.82) is 10.5 Å². The number of fused-ring (bicyclic) bond motifs is 8. The van der Waals surface area contributed by atoms with E-state index in [1.54, 1.807) is 0 Å². The summed E-state index contributed by atoms with van der Waals surface area (Å²) >= 11 is 0. The normalized spacial score (nSPS) is 11.9. The van der Waals surface area contributed by atoms with Crippen LogP contribution in [0.5, 0.6) is 0 Å². The lowest BCUT2D eigenvalue weighted by atomic mass is 9.47. The Morgan fingerprint density at radius 2 is 0.902 bits per heavy atom.